The van der Waals surface area contributed by atoms with Gasteiger partial charge in [0.25, 0.3) is 0 Å². The monoisotopic (exact) mass is 334 g/mol. The van der Waals surface area contributed by atoms with Crippen molar-refractivity contribution < 1.29 is 9.59 Å². The second kappa shape index (κ2) is 6.17. The minimum absolute atomic E-state index is 0.00583. The number of nitrogens with zero attached hydrogens (tertiary/aromatic N) is 2. The second-order valence-electron chi connectivity index (χ2n) is 6.54. The van der Waals surface area contributed by atoms with Gasteiger partial charge in [-0.05, 0) is 37.7 Å². The van der Waals surface area contributed by atoms with Crippen LogP contribution in [0.5, 0.6) is 0 Å². The van der Waals surface area contributed by atoms with Crippen molar-refractivity contribution in [2.45, 2.75) is 25.7 Å². The highest BCUT2D eigenvalue weighted by atomic mass is 16.2. The summed E-state index contributed by atoms with van der Waals surface area (Å²) in [4.78, 5) is 32.5. The first-order valence-electron chi connectivity index (χ1n) is 8.49. The molecule has 0 atom stereocenters. The Morgan fingerprint density at radius 2 is 1.84 bits per heavy atom. The number of Topliss-reactive ketones (excluding diaryl/α,β-unsaturated/α-hetero) is 1. The zero-order valence-electron chi connectivity index (χ0n) is 13.9. The van der Waals surface area contributed by atoms with Crippen molar-refractivity contribution in [2.75, 3.05) is 17.7 Å². The van der Waals surface area contributed by atoms with Crippen LogP contribution < -0.4 is 10.6 Å². The van der Waals surface area contributed by atoms with Crippen LogP contribution in [0.3, 0.4) is 0 Å². The van der Waals surface area contributed by atoms with E-state index in [1.165, 1.54) is 0 Å². The first kappa shape index (κ1) is 15.6. The Kier molecular flexibility index (Phi) is 3.85. The molecular weight excluding hydrogens is 316 g/mol. The number of nitrogens with one attached hydrogen (secondary N) is 2. The van der Waals surface area contributed by atoms with Gasteiger partial charge in [0.05, 0.1) is 5.56 Å². The summed E-state index contributed by atoms with van der Waals surface area (Å²) in [5.74, 6) is 7.06. The lowest BCUT2D eigenvalue weighted by Gasteiger charge is -2.09. The number of pyridine rings is 2. The summed E-state index contributed by atoms with van der Waals surface area (Å²) in [6.07, 6.45) is 7.07. The molecule has 0 saturated heterocycles. The van der Waals surface area contributed by atoms with E-state index >= 15 is 0 Å². The van der Waals surface area contributed by atoms with Gasteiger partial charge in [-0.25, -0.2) is 9.97 Å². The van der Waals surface area contributed by atoms with E-state index < -0.39 is 0 Å². The molecule has 2 N–H and O–H groups in total. The average Bonchev–Trinajstić information content (AvgIpc) is 3.50. The maximum absolute atomic E-state index is 12.0. The molecule has 2 aliphatic carbocycles. The van der Waals surface area contributed by atoms with Crippen LogP contribution in [0.15, 0.2) is 18.5 Å². The minimum atomic E-state index is -0.0119. The zero-order valence-corrected chi connectivity index (χ0v) is 13.9. The van der Waals surface area contributed by atoms with Crippen molar-refractivity contribution in [3.8, 4) is 11.8 Å². The normalized spacial score (nSPS) is 16.0. The molecule has 2 aromatic rings. The number of ketones is 1. The summed E-state index contributed by atoms with van der Waals surface area (Å²) in [6.45, 7) is 0. The van der Waals surface area contributed by atoms with Gasteiger partial charge in [0, 0.05) is 42.0 Å². The zero-order chi connectivity index (χ0) is 17.4. The number of amides is 1. The third kappa shape index (κ3) is 3.31. The number of hydrogen-bond acceptors (Lipinski definition) is 5. The lowest BCUT2D eigenvalue weighted by molar-refractivity contribution is -0.117. The Hall–Kier alpha value is -2.94. The predicted octanol–water partition coefficient (Wildman–Crippen LogP) is 2.35. The molecule has 126 valence electrons. The van der Waals surface area contributed by atoms with Crippen LogP contribution in [0.2, 0.25) is 0 Å². The third-order valence-corrected chi connectivity index (χ3v) is 4.48. The highest BCUT2D eigenvalue weighted by molar-refractivity contribution is 6.02. The van der Waals surface area contributed by atoms with Crippen LogP contribution in [0.4, 0.5) is 11.6 Å². The van der Waals surface area contributed by atoms with Gasteiger partial charge in [0.1, 0.15) is 11.6 Å². The topological polar surface area (TPSA) is 84.0 Å². The quantitative estimate of drug-likeness (QED) is 0.839. The molecule has 6 nitrogen and oxygen atoms in total. The number of carbonyl (C=O) groups excluding carboxylic acids is 2. The molecular formula is C19H18N4O2. The van der Waals surface area contributed by atoms with Gasteiger partial charge in [0.15, 0.2) is 0 Å². The fourth-order valence-corrected chi connectivity index (χ4v) is 2.65. The summed E-state index contributed by atoms with van der Waals surface area (Å²) in [5.41, 5.74) is 0.660. The predicted molar refractivity (Wildman–Crippen MR) is 95.0 cm³/mol. The van der Waals surface area contributed by atoms with Crippen LogP contribution in [0.1, 0.15) is 31.2 Å². The maximum atomic E-state index is 12.0. The Morgan fingerprint density at radius 1 is 1.08 bits per heavy atom. The van der Waals surface area contributed by atoms with E-state index in [2.05, 4.69) is 32.4 Å². The second-order valence-corrected chi connectivity index (χ2v) is 6.54. The van der Waals surface area contributed by atoms with Crippen LogP contribution in [0.25, 0.3) is 10.8 Å². The summed E-state index contributed by atoms with van der Waals surface area (Å²) in [5, 5.41) is 7.49. The van der Waals surface area contributed by atoms with Gasteiger partial charge in [-0.1, -0.05) is 5.92 Å². The van der Waals surface area contributed by atoms with Crippen molar-refractivity contribution in [3.63, 3.8) is 0 Å². The number of rotatable bonds is 4. The van der Waals surface area contributed by atoms with Crippen LogP contribution >= 0.6 is 0 Å². The van der Waals surface area contributed by atoms with Crippen LogP contribution in [-0.4, -0.2) is 28.7 Å². The Labute approximate surface area is 145 Å². The fourth-order valence-electron chi connectivity index (χ4n) is 2.65. The number of fused-ring (bicyclic) bond motifs is 1. The van der Waals surface area contributed by atoms with Gasteiger partial charge in [-0.3, -0.25) is 9.59 Å². The molecule has 25 heavy (non-hydrogen) atoms. The van der Waals surface area contributed by atoms with Crippen LogP contribution in [0, 0.1) is 23.7 Å². The van der Waals surface area contributed by atoms with Crippen molar-refractivity contribution in [1.29, 1.82) is 0 Å². The van der Waals surface area contributed by atoms with Crippen molar-refractivity contribution >= 4 is 34.1 Å². The first-order chi connectivity index (χ1) is 12.2. The molecule has 0 aromatic carbocycles. The maximum Gasteiger partial charge on any atom is 0.228 e. The summed E-state index contributed by atoms with van der Waals surface area (Å²) in [6, 6.07) is 1.80. The van der Waals surface area contributed by atoms with E-state index in [9.17, 15) is 9.59 Å². The molecule has 2 aliphatic rings. The van der Waals surface area contributed by atoms with Gasteiger partial charge >= 0.3 is 0 Å². The summed E-state index contributed by atoms with van der Waals surface area (Å²) < 4.78 is 0. The smallest absolute Gasteiger partial charge is 0.228 e. The molecule has 2 aromatic heterocycles. The highest BCUT2D eigenvalue weighted by Gasteiger charge is 2.30. The molecule has 0 aliphatic heterocycles. The lowest BCUT2D eigenvalue weighted by atomic mass is 10.1. The molecule has 2 saturated carbocycles. The molecule has 4 rings (SSSR count). The van der Waals surface area contributed by atoms with Crippen molar-refractivity contribution in [3.05, 3.63) is 24.0 Å². The highest BCUT2D eigenvalue weighted by Crippen LogP contribution is 2.31. The summed E-state index contributed by atoms with van der Waals surface area (Å²) in [7, 11) is 1.78. The van der Waals surface area contributed by atoms with Gasteiger partial charge in [0.2, 0.25) is 11.7 Å². The van der Waals surface area contributed by atoms with E-state index in [0.717, 1.165) is 36.5 Å². The molecule has 2 heterocycles. The molecule has 0 radical (unpaired) electrons. The number of carbonyl (C=O) groups is 2. The molecule has 2 fully saturated rings. The van der Waals surface area contributed by atoms with E-state index in [-0.39, 0.29) is 23.5 Å². The van der Waals surface area contributed by atoms with Gasteiger partial charge < -0.3 is 10.6 Å². The van der Waals surface area contributed by atoms with Crippen molar-refractivity contribution in [1.82, 2.24) is 9.97 Å². The molecule has 6 heteroatoms. The Morgan fingerprint density at radius 3 is 2.52 bits per heavy atom. The molecule has 0 spiro atoms. The SMILES string of the molecule is CNc1ncc(C#CC(=O)C2CC2)c2cc(NC(=O)C3CC3)ncc12. The lowest BCUT2D eigenvalue weighted by Crippen LogP contribution is -2.14. The van der Waals surface area contributed by atoms with E-state index in [1.807, 2.05) is 0 Å². The van der Waals surface area contributed by atoms with Gasteiger partial charge in [-0.2, -0.15) is 0 Å². The number of hydrogen-bond donors (Lipinski definition) is 2. The third-order valence-electron chi connectivity index (χ3n) is 4.48. The first-order valence-corrected chi connectivity index (χ1v) is 8.49. The number of anilines is 2. The Bertz CT molecular complexity index is 934. The minimum Gasteiger partial charge on any atom is -0.373 e. The number of aromatic nitrogens is 2. The largest absolute Gasteiger partial charge is 0.373 e. The summed E-state index contributed by atoms with van der Waals surface area (Å²) >= 11 is 0. The van der Waals surface area contributed by atoms with Crippen molar-refractivity contribution in [2.24, 2.45) is 11.8 Å². The molecule has 1 amide bonds. The molecule has 0 unspecified atom stereocenters. The van der Waals surface area contributed by atoms with Gasteiger partial charge in [-0.15, -0.1) is 0 Å². The Balaban J connectivity index is 1.72. The molecule has 0 bridgehead atoms. The fraction of sp³-hybridized carbons (Fsp3) is 0.368. The van der Waals surface area contributed by atoms with E-state index in [4.69, 9.17) is 0 Å². The van der Waals surface area contributed by atoms with Crippen LogP contribution in [-0.2, 0) is 9.59 Å². The van der Waals surface area contributed by atoms with E-state index in [1.54, 1.807) is 25.5 Å². The van der Waals surface area contributed by atoms with E-state index in [0.29, 0.717) is 17.2 Å². The standard InChI is InChI=1S/C19H18N4O2/c1-20-18-15-10-21-17(23-19(25)12-4-5-12)8-14(15)13(9-22-18)6-7-16(24)11-2-3-11/h8-12H,2-5H2,1H3,(H,20,22)(H,21,23,25). The average molecular weight is 334 g/mol.